The van der Waals surface area contributed by atoms with Gasteiger partial charge in [0.25, 0.3) is 10.0 Å². The molecule has 28 heavy (non-hydrogen) atoms. The predicted molar refractivity (Wildman–Crippen MR) is 98.7 cm³/mol. The van der Waals surface area contributed by atoms with Crippen LogP contribution in [0.3, 0.4) is 0 Å². The van der Waals surface area contributed by atoms with Crippen LogP contribution in [-0.2, 0) is 26.7 Å². The maximum absolute atomic E-state index is 13.0. The summed E-state index contributed by atoms with van der Waals surface area (Å²) in [4.78, 5) is 11.4. The standard InChI is InChI=1S/C18H15F3N2O3S2/c1-12(27-11-13-5-3-2-4-6-13)17(24)23-28(25,26)15-8-7-14(10-22)16(9-15)18(19,20)21/h2-9,12H,11H2,1H3,(H,23,24). The van der Waals surface area contributed by atoms with Crippen LogP contribution >= 0.6 is 11.8 Å². The highest BCUT2D eigenvalue weighted by Crippen LogP contribution is 2.33. The molecule has 0 aliphatic carbocycles. The van der Waals surface area contributed by atoms with Crippen LogP contribution in [0.5, 0.6) is 0 Å². The number of carbonyl (C=O) groups excluding carboxylic acids is 1. The molecule has 0 aliphatic rings. The highest BCUT2D eigenvalue weighted by molar-refractivity contribution is 8.00. The molecule has 0 aromatic heterocycles. The Kier molecular flexibility index (Phi) is 6.74. The fourth-order valence-corrected chi connectivity index (χ4v) is 4.17. The van der Waals surface area contributed by atoms with Crippen LogP contribution in [0.2, 0.25) is 0 Å². The Hall–Kier alpha value is -2.51. The molecule has 0 spiro atoms. The van der Waals surface area contributed by atoms with E-state index in [1.54, 1.807) is 4.72 Å². The molecule has 2 rings (SSSR count). The Morgan fingerprint density at radius 2 is 1.86 bits per heavy atom. The van der Waals surface area contributed by atoms with Crippen molar-refractivity contribution in [3.8, 4) is 6.07 Å². The van der Waals surface area contributed by atoms with Gasteiger partial charge in [0.15, 0.2) is 0 Å². The lowest BCUT2D eigenvalue weighted by molar-refractivity contribution is -0.137. The van der Waals surface area contributed by atoms with Crippen LogP contribution in [0.15, 0.2) is 53.4 Å². The Labute approximate surface area is 164 Å². The minimum atomic E-state index is -4.90. The summed E-state index contributed by atoms with van der Waals surface area (Å²) < 4.78 is 65.5. The SMILES string of the molecule is CC(SCc1ccccc1)C(=O)NS(=O)(=O)c1ccc(C#N)c(C(F)(F)F)c1. The quantitative estimate of drug-likeness (QED) is 0.758. The summed E-state index contributed by atoms with van der Waals surface area (Å²) in [5.74, 6) is -0.385. The smallest absolute Gasteiger partial charge is 0.273 e. The topological polar surface area (TPSA) is 87.0 Å². The molecule has 10 heteroatoms. The van der Waals surface area contributed by atoms with Gasteiger partial charge < -0.3 is 0 Å². The number of benzene rings is 2. The molecule has 1 amide bonds. The van der Waals surface area contributed by atoms with Crippen molar-refractivity contribution >= 4 is 27.7 Å². The molecular weight excluding hydrogens is 413 g/mol. The first-order chi connectivity index (χ1) is 13.0. The van der Waals surface area contributed by atoms with E-state index in [0.717, 1.165) is 17.7 Å². The second-order valence-corrected chi connectivity index (χ2v) is 8.74. The van der Waals surface area contributed by atoms with E-state index in [1.807, 2.05) is 30.3 Å². The number of amides is 1. The van der Waals surface area contributed by atoms with Crippen molar-refractivity contribution in [2.24, 2.45) is 0 Å². The molecule has 1 atom stereocenters. The van der Waals surface area contributed by atoms with E-state index in [9.17, 15) is 26.4 Å². The summed E-state index contributed by atoms with van der Waals surface area (Å²) in [5.41, 5.74) is -1.14. The molecule has 0 fully saturated rings. The van der Waals surface area contributed by atoms with Gasteiger partial charge in [0, 0.05) is 5.75 Å². The number of hydrogen-bond acceptors (Lipinski definition) is 5. The molecular formula is C18H15F3N2O3S2. The third-order valence-electron chi connectivity index (χ3n) is 3.67. The van der Waals surface area contributed by atoms with Crippen LogP contribution in [-0.4, -0.2) is 19.6 Å². The van der Waals surface area contributed by atoms with Gasteiger partial charge in [-0.25, -0.2) is 13.1 Å². The third kappa shape index (κ3) is 5.50. The lowest BCUT2D eigenvalue weighted by Crippen LogP contribution is -2.36. The molecule has 0 heterocycles. The van der Waals surface area contributed by atoms with Crippen molar-refractivity contribution in [3.63, 3.8) is 0 Å². The number of rotatable bonds is 6. The van der Waals surface area contributed by atoms with Gasteiger partial charge in [-0.1, -0.05) is 30.3 Å². The molecule has 148 valence electrons. The maximum Gasteiger partial charge on any atom is 0.417 e. The summed E-state index contributed by atoms with van der Waals surface area (Å²) in [6, 6.07) is 12.5. The van der Waals surface area contributed by atoms with E-state index in [-0.39, 0.29) is 0 Å². The maximum atomic E-state index is 13.0. The Morgan fingerprint density at radius 1 is 1.21 bits per heavy atom. The fraction of sp³-hybridized carbons (Fsp3) is 0.222. The minimum Gasteiger partial charge on any atom is -0.273 e. The number of halogens is 3. The number of alkyl halides is 3. The molecule has 0 bridgehead atoms. The lowest BCUT2D eigenvalue weighted by atomic mass is 10.1. The van der Waals surface area contributed by atoms with E-state index < -0.39 is 43.4 Å². The van der Waals surface area contributed by atoms with Crippen LogP contribution in [0.25, 0.3) is 0 Å². The number of nitriles is 1. The Morgan fingerprint density at radius 3 is 2.43 bits per heavy atom. The molecule has 0 saturated heterocycles. The normalized spacial score (nSPS) is 12.8. The number of sulfonamides is 1. The molecule has 2 aromatic rings. The monoisotopic (exact) mass is 428 g/mol. The molecule has 0 saturated carbocycles. The zero-order valence-corrected chi connectivity index (χ0v) is 16.2. The molecule has 1 unspecified atom stereocenters. The van der Waals surface area contributed by atoms with Crippen molar-refractivity contribution in [2.45, 2.75) is 29.0 Å². The van der Waals surface area contributed by atoms with E-state index in [0.29, 0.717) is 11.8 Å². The first kappa shape index (κ1) is 21.8. The minimum absolute atomic E-state index is 0.343. The van der Waals surface area contributed by atoms with Crippen LogP contribution in [0.1, 0.15) is 23.6 Å². The largest absolute Gasteiger partial charge is 0.417 e. The highest BCUT2D eigenvalue weighted by atomic mass is 32.2. The number of hydrogen-bond donors (Lipinski definition) is 1. The first-order valence-corrected chi connectivity index (χ1v) is 10.4. The van der Waals surface area contributed by atoms with Crippen LogP contribution in [0.4, 0.5) is 13.2 Å². The van der Waals surface area contributed by atoms with E-state index in [2.05, 4.69) is 0 Å². The Balaban J connectivity index is 2.14. The fourth-order valence-electron chi connectivity index (χ4n) is 2.17. The number of thioether (sulfide) groups is 1. The van der Waals surface area contributed by atoms with Crippen molar-refractivity contribution < 1.29 is 26.4 Å². The predicted octanol–water partition coefficient (Wildman–Crippen LogP) is 3.70. The summed E-state index contributed by atoms with van der Waals surface area (Å²) >= 11 is 1.19. The van der Waals surface area contributed by atoms with E-state index in [1.165, 1.54) is 24.8 Å². The van der Waals surface area contributed by atoms with Crippen molar-refractivity contribution in [1.29, 1.82) is 5.26 Å². The van der Waals surface area contributed by atoms with E-state index in [4.69, 9.17) is 5.26 Å². The molecule has 5 nitrogen and oxygen atoms in total. The van der Waals surface area contributed by atoms with Gasteiger partial charge in [-0.3, -0.25) is 4.79 Å². The van der Waals surface area contributed by atoms with E-state index >= 15 is 0 Å². The third-order valence-corrected chi connectivity index (χ3v) is 6.23. The van der Waals surface area contributed by atoms with Crippen LogP contribution < -0.4 is 4.72 Å². The van der Waals surface area contributed by atoms with Crippen LogP contribution in [0, 0.1) is 11.3 Å². The number of nitrogens with zero attached hydrogens (tertiary/aromatic N) is 1. The second kappa shape index (κ2) is 8.67. The lowest BCUT2D eigenvalue weighted by Gasteiger charge is -2.14. The summed E-state index contributed by atoms with van der Waals surface area (Å²) in [5, 5.41) is 8.02. The molecule has 1 N–H and O–H groups in total. The van der Waals surface area contributed by atoms with Gasteiger partial charge in [-0.05, 0) is 30.7 Å². The van der Waals surface area contributed by atoms with Gasteiger partial charge in [-0.15, -0.1) is 11.8 Å². The average Bonchev–Trinajstić information content (AvgIpc) is 2.65. The zero-order chi connectivity index (χ0) is 20.9. The average molecular weight is 428 g/mol. The molecule has 0 radical (unpaired) electrons. The molecule has 0 aliphatic heterocycles. The van der Waals surface area contributed by atoms with Crippen molar-refractivity contribution in [2.75, 3.05) is 0 Å². The van der Waals surface area contributed by atoms with Crippen molar-refractivity contribution in [1.82, 2.24) is 4.72 Å². The second-order valence-electron chi connectivity index (χ2n) is 5.73. The van der Waals surface area contributed by atoms with Gasteiger partial charge >= 0.3 is 6.18 Å². The number of nitrogens with one attached hydrogen (secondary N) is 1. The van der Waals surface area contributed by atoms with Gasteiger partial charge in [-0.2, -0.15) is 18.4 Å². The highest BCUT2D eigenvalue weighted by Gasteiger charge is 2.35. The summed E-state index contributed by atoms with van der Waals surface area (Å²) in [7, 11) is -4.52. The van der Waals surface area contributed by atoms with Crippen molar-refractivity contribution in [3.05, 3.63) is 65.2 Å². The first-order valence-electron chi connectivity index (χ1n) is 7.88. The van der Waals surface area contributed by atoms with Gasteiger partial charge in [0.2, 0.25) is 5.91 Å². The van der Waals surface area contributed by atoms with Gasteiger partial charge in [0.05, 0.1) is 27.3 Å². The van der Waals surface area contributed by atoms with Gasteiger partial charge in [0.1, 0.15) is 0 Å². The molecule has 2 aromatic carbocycles. The summed E-state index contributed by atoms with van der Waals surface area (Å²) in [6.45, 7) is 1.50. The summed E-state index contributed by atoms with van der Waals surface area (Å²) in [6.07, 6.45) is -4.90. The number of carbonyl (C=O) groups is 1. The Bertz CT molecular complexity index is 1000. The zero-order valence-electron chi connectivity index (χ0n) is 14.5.